The maximum atomic E-state index is 11.4. The van der Waals surface area contributed by atoms with Gasteiger partial charge in [-0.3, -0.25) is 19.8 Å². The van der Waals surface area contributed by atoms with Gasteiger partial charge in [-0.1, -0.05) is 0 Å². The van der Waals surface area contributed by atoms with Crippen LogP contribution in [0.25, 0.3) is 10.9 Å². The largest absolute Gasteiger partial charge is 0.397 e. The first kappa shape index (κ1) is 9.32. The van der Waals surface area contributed by atoms with E-state index in [1.54, 1.807) is 12.1 Å². The number of nitrogens with two attached hydrogens (primary N) is 1. The number of carbonyl (C=O) groups is 1. The van der Waals surface area contributed by atoms with Crippen molar-refractivity contribution in [2.75, 3.05) is 11.1 Å². The number of aromatic nitrogens is 2. The molecule has 1 aromatic carbocycles. The van der Waals surface area contributed by atoms with Gasteiger partial charge >= 0.3 is 0 Å². The van der Waals surface area contributed by atoms with Gasteiger partial charge in [0.2, 0.25) is 5.91 Å². The maximum absolute atomic E-state index is 11.4. The summed E-state index contributed by atoms with van der Waals surface area (Å²) in [5.74, 6) is -0.235. The first-order valence-electron chi connectivity index (χ1n) is 4.36. The van der Waals surface area contributed by atoms with E-state index in [1.807, 2.05) is 0 Å². The fourth-order valence-corrected chi connectivity index (χ4v) is 1.46. The highest BCUT2D eigenvalue weighted by atomic mass is 16.1. The van der Waals surface area contributed by atoms with Gasteiger partial charge in [-0.05, 0) is 12.1 Å². The SMILES string of the molecule is CC(=O)Nc1ccc(N)c2[nH][nH]c(=O)c12. The molecule has 15 heavy (non-hydrogen) atoms. The highest BCUT2D eigenvalue weighted by Crippen LogP contribution is 2.23. The lowest BCUT2D eigenvalue weighted by Crippen LogP contribution is -2.09. The van der Waals surface area contributed by atoms with Crippen LogP contribution in [-0.2, 0) is 4.79 Å². The molecule has 0 radical (unpaired) electrons. The molecule has 0 saturated heterocycles. The lowest BCUT2D eigenvalue weighted by Gasteiger charge is -2.03. The lowest BCUT2D eigenvalue weighted by atomic mass is 10.2. The topological polar surface area (TPSA) is 104 Å². The van der Waals surface area contributed by atoms with Crippen molar-refractivity contribution in [3.05, 3.63) is 22.5 Å². The Balaban J connectivity index is 2.75. The molecule has 6 nitrogen and oxygen atoms in total. The Morgan fingerprint density at radius 1 is 1.40 bits per heavy atom. The molecule has 0 fully saturated rings. The Hall–Kier alpha value is -2.24. The summed E-state index contributed by atoms with van der Waals surface area (Å²) in [6.07, 6.45) is 0. The molecule has 0 saturated carbocycles. The van der Waals surface area contributed by atoms with Gasteiger partial charge in [-0.25, -0.2) is 0 Å². The second kappa shape index (κ2) is 3.16. The zero-order valence-electron chi connectivity index (χ0n) is 8.05. The van der Waals surface area contributed by atoms with Crippen LogP contribution < -0.4 is 16.6 Å². The van der Waals surface area contributed by atoms with Crippen LogP contribution in [0.3, 0.4) is 0 Å². The average molecular weight is 206 g/mol. The third-order valence-corrected chi connectivity index (χ3v) is 2.08. The van der Waals surface area contributed by atoms with Crippen molar-refractivity contribution in [2.45, 2.75) is 6.92 Å². The van der Waals surface area contributed by atoms with E-state index in [0.717, 1.165) is 0 Å². The van der Waals surface area contributed by atoms with Crippen LogP contribution in [0.4, 0.5) is 11.4 Å². The van der Waals surface area contributed by atoms with E-state index in [-0.39, 0.29) is 11.5 Å². The average Bonchev–Trinajstić information content (AvgIpc) is 2.54. The van der Waals surface area contributed by atoms with E-state index < -0.39 is 0 Å². The molecule has 0 spiro atoms. The molecule has 0 unspecified atom stereocenters. The van der Waals surface area contributed by atoms with Gasteiger partial charge in [-0.2, -0.15) is 0 Å². The molecule has 2 aromatic rings. The molecule has 0 bridgehead atoms. The molecule has 78 valence electrons. The molecule has 1 amide bonds. The Labute approximate surface area is 84.5 Å². The molecule has 0 aliphatic rings. The van der Waals surface area contributed by atoms with Crippen LogP contribution in [0.15, 0.2) is 16.9 Å². The smallest absolute Gasteiger partial charge is 0.273 e. The van der Waals surface area contributed by atoms with Crippen LogP contribution in [0.2, 0.25) is 0 Å². The zero-order valence-corrected chi connectivity index (χ0v) is 8.05. The monoisotopic (exact) mass is 206 g/mol. The molecule has 0 atom stereocenters. The highest BCUT2D eigenvalue weighted by molar-refractivity contribution is 6.03. The summed E-state index contributed by atoms with van der Waals surface area (Å²) in [4.78, 5) is 22.3. The number of amides is 1. The van der Waals surface area contributed by atoms with Gasteiger partial charge in [0.1, 0.15) is 0 Å². The molecular weight excluding hydrogens is 196 g/mol. The number of hydrogen-bond acceptors (Lipinski definition) is 3. The minimum absolute atomic E-state index is 0.235. The summed E-state index contributed by atoms with van der Waals surface area (Å²) in [5, 5.41) is 8.01. The highest BCUT2D eigenvalue weighted by Gasteiger charge is 2.10. The fraction of sp³-hybridized carbons (Fsp3) is 0.111. The summed E-state index contributed by atoms with van der Waals surface area (Å²) in [6, 6.07) is 3.22. The minimum atomic E-state index is -0.305. The third-order valence-electron chi connectivity index (χ3n) is 2.08. The van der Waals surface area contributed by atoms with Crippen LogP contribution >= 0.6 is 0 Å². The predicted molar refractivity (Wildman–Crippen MR) is 57.6 cm³/mol. The number of nitrogens with one attached hydrogen (secondary N) is 3. The van der Waals surface area contributed by atoms with Crippen molar-refractivity contribution < 1.29 is 4.79 Å². The molecule has 0 aliphatic heterocycles. The zero-order chi connectivity index (χ0) is 11.0. The van der Waals surface area contributed by atoms with Crippen molar-refractivity contribution in [1.82, 2.24) is 10.2 Å². The molecule has 2 rings (SSSR count). The normalized spacial score (nSPS) is 10.5. The van der Waals surface area contributed by atoms with E-state index >= 15 is 0 Å². The van der Waals surface area contributed by atoms with Crippen LogP contribution in [0.1, 0.15) is 6.92 Å². The summed E-state index contributed by atoms with van der Waals surface area (Å²) < 4.78 is 0. The van der Waals surface area contributed by atoms with E-state index in [2.05, 4.69) is 15.5 Å². The molecule has 1 aromatic heterocycles. The summed E-state index contributed by atoms with van der Waals surface area (Å²) >= 11 is 0. The maximum Gasteiger partial charge on any atom is 0.273 e. The third kappa shape index (κ3) is 1.45. The summed E-state index contributed by atoms with van der Waals surface area (Å²) in [5.41, 5.74) is 6.78. The summed E-state index contributed by atoms with van der Waals surface area (Å²) in [6.45, 7) is 1.38. The molecule has 5 N–H and O–H groups in total. The first-order chi connectivity index (χ1) is 7.09. The second-order valence-electron chi connectivity index (χ2n) is 3.21. The summed E-state index contributed by atoms with van der Waals surface area (Å²) in [7, 11) is 0. The Bertz CT molecular complexity index is 581. The molecular formula is C9H10N4O2. The van der Waals surface area contributed by atoms with Gasteiger partial charge in [0.15, 0.2) is 0 Å². The van der Waals surface area contributed by atoms with E-state index in [0.29, 0.717) is 22.3 Å². The van der Waals surface area contributed by atoms with Gasteiger partial charge in [0.25, 0.3) is 5.56 Å². The number of hydrogen-bond donors (Lipinski definition) is 4. The molecule has 0 aliphatic carbocycles. The number of benzene rings is 1. The first-order valence-corrected chi connectivity index (χ1v) is 4.36. The molecule has 6 heteroatoms. The van der Waals surface area contributed by atoms with Crippen molar-refractivity contribution in [3.63, 3.8) is 0 Å². The van der Waals surface area contributed by atoms with Crippen molar-refractivity contribution in [1.29, 1.82) is 0 Å². The lowest BCUT2D eigenvalue weighted by molar-refractivity contribution is -0.114. The van der Waals surface area contributed by atoms with Crippen LogP contribution in [0.5, 0.6) is 0 Å². The number of rotatable bonds is 1. The quantitative estimate of drug-likeness (QED) is 0.507. The van der Waals surface area contributed by atoms with E-state index in [4.69, 9.17) is 5.73 Å². The Morgan fingerprint density at radius 2 is 2.13 bits per heavy atom. The van der Waals surface area contributed by atoms with E-state index in [9.17, 15) is 9.59 Å². The number of anilines is 2. The van der Waals surface area contributed by atoms with Crippen molar-refractivity contribution in [2.24, 2.45) is 0 Å². The number of H-pyrrole nitrogens is 2. The van der Waals surface area contributed by atoms with E-state index in [1.165, 1.54) is 6.92 Å². The predicted octanol–water partition coefficient (Wildman–Crippen LogP) is 0.397. The number of nitrogen functional groups attached to an aromatic ring is 1. The number of fused-ring (bicyclic) bond motifs is 1. The Kier molecular flexibility index (Phi) is 1.96. The number of carbonyl (C=O) groups excluding carboxylic acids is 1. The van der Waals surface area contributed by atoms with Gasteiger partial charge in [0.05, 0.1) is 22.3 Å². The van der Waals surface area contributed by atoms with Crippen molar-refractivity contribution >= 4 is 28.2 Å². The standard InChI is InChI=1S/C9H10N4O2/c1-4(14)11-6-3-2-5(10)8-7(6)9(15)13-12-8/h2-3H,10H2,1H3,(H,11,14)(H2,12,13,15). The van der Waals surface area contributed by atoms with Crippen molar-refractivity contribution in [3.8, 4) is 0 Å². The van der Waals surface area contributed by atoms with Crippen LogP contribution in [0, 0.1) is 0 Å². The fourth-order valence-electron chi connectivity index (χ4n) is 1.46. The Morgan fingerprint density at radius 3 is 2.80 bits per heavy atom. The minimum Gasteiger partial charge on any atom is -0.397 e. The van der Waals surface area contributed by atoms with Gasteiger partial charge in [-0.15, -0.1) is 0 Å². The van der Waals surface area contributed by atoms with Gasteiger partial charge < -0.3 is 11.1 Å². The molecule has 1 heterocycles. The van der Waals surface area contributed by atoms with Crippen LogP contribution in [-0.4, -0.2) is 16.1 Å². The van der Waals surface area contributed by atoms with Gasteiger partial charge in [0, 0.05) is 6.92 Å². The second-order valence-corrected chi connectivity index (χ2v) is 3.21. The number of aromatic amines is 2.